The van der Waals surface area contributed by atoms with Crippen molar-refractivity contribution in [2.45, 2.75) is 4.30 Å². The van der Waals surface area contributed by atoms with Gasteiger partial charge in [-0.05, 0) is 24.3 Å². The van der Waals surface area contributed by atoms with Gasteiger partial charge in [0.15, 0.2) is 27.3 Å². The number of methoxy groups -OCH3 is 2. The van der Waals surface area contributed by atoms with Crippen molar-refractivity contribution < 1.29 is 23.7 Å². The molecule has 5 nitrogen and oxygen atoms in total. The molecule has 0 heterocycles. The predicted octanol–water partition coefficient (Wildman–Crippen LogP) is 5.27. The number of carbonyl (C=O) groups excluding carboxylic acids is 1. The molecule has 0 saturated heterocycles. The number of hydrogen-bond acceptors (Lipinski definition) is 5. The van der Waals surface area contributed by atoms with Gasteiger partial charge in [-0.2, -0.15) is 0 Å². The zero-order valence-corrected chi connectivity index (χ0v) is 15.1. The second-order valence-electron chi connectivity index (χ2n) is 4.00. The predicted molar refractivity (Wildman–Crippen MR) is 94.0 cm³/mol. The number of halogens is 3. The van der Waals surface area contributed by atoms with Gasteiger partial charge in [0, 0.05) is 0 Å². The van der Waals surface area contributed by atoms with E-state index < -0.39 is 10.5 Å². The number of benzene rings is 2. The van der Waals surface area contributed by atoms with E-state index in [0.29, 0.717) is 11.5 Å². The van der Waals surface area contributed by atoms with Gasteiger partial charge in [0.2, 0.25) is 0 Å². The molecule has 0 aliphatic rings. The molecule has 0 atom stereocenters. The lowest BCUT2D eigenvalue weighted by Gasteiger charge is -2.10. The second-order valence-corrected chi connectivity index (χ2v) is 5.98. The molecule has 2 aromatic rings. The van der Waals surface area contributed by atoms with Crippen molar-refractivity contribution in [1.29, 1.82) is 0 Å². The standard InChI is InChI=1S/C15H14O5.CHCl3/c1-17-11-7-3-5-9-13(11)19-15(16)20-14-10-6-4-8-12(14)18-2;2-1(3)4/h3-10H,1-2H3;1H. The first-order chi connectivity index (χ1) is 11.5. The molecular weight excluding hydrogens is 379 g/mol. The van der Waals surface area contributed by atoms with Gasteiger partial charge in [-0.3, -0.25) is 0 Å². The largest absolute Gasteiger partial charge is 0.519 e. The first kappa shape index (κ1) is 20.2. The van der Waals surface area contributed by atoms with Crippen LogP contribution >= 0.6 is 34.8 Å². The number of alkyl halides is 3. The molecule has 0 bridgehead atoms. The summed E-state index contributed by atoms with van der Waals surface area (Å²) in [6.45, 7) is 0. The summed E-state index contributed by atoms with van der Waals surface area (Å²) in [5.41, 5.74) is 0. The highest BCUT2D eigenvalue weighted by Gasteiger charge is 2.13. The molecule has 0 N–H and O–H groups in total. The molecule has 24 heavy (non-hydrogen) atoms. The van der Waals surface area contributed by atoms with Gasteiger partial charge in [-0.15, -0.1) is 0 Å². The maximum atomic E-state index is 11.8. The van der Waals surface area contributed by atoms with E-state index >= 15 is 0 Å². The van der Waals surface area contributed by atoms with E-state index in [1.54, 1.807) is 48.5 Å². The van der Waals surface area contributed by atoms with Gasteiger partial charge in [-0.25, -0.2) is 4.79 Å². The fraction of sp³-hybridized carbons (Fsp3) is 0.188. The van der Waals surface area contributed by atoms with Crippen molar-refractivity contribution in [3.63, 3.8) is 0 Å². The molecule has 2 rings (SSSR count). The van der Waals surface area contributed by atoms with Gasteiger partial charge in [0.25, 0.3) is 0 Å². The molecule has 0 amide bonds. The van der Waals surface area contributed by atoms with Crippen molar-refractivity contribution >= 4 is 41.0 Å². The quantitative estimate of drug-likeness (QED) is 0.402. The molecule has 0 radical (unpaired) electrons. The van der Waals surface area contributed by atoms with E-state index in [4.69, 9.17) is 53.8 Å². The number of rotatable bonds is 4. The van der Waals surface area contributed by atoms with Crippen LogP contribution in [0, 0.1) is 0 Å². The molecule has 8 heteroatoms. The van der Waals surface area contributed by atoms with E-state index in [1.165, 1.54) is 14.2 Å². The molecule has 130 valence electrons. The van der Waals surface area contributed by atoms with Crippen LogP contribution in [0.5, 0.6) is 23.0 Å². The van der Waals surface area contributed by atoms with Crippen LogP contribution in [0.15, 0.2) is 48.5 Å². The Bertz CT molecular complexity index is 595. The third kappa shape index (κ3) is 7.17. The lowest BCUT2D eigenvalue weighted by Crippen LogP contribution is -2.14. The zero-order valence-electron chi connectivity index (χ0n) is 12.9. The smallest absolute Gasteiger partial charge is 0.493 e. The van der Waals surface area contributed by atoms with E-state index in [2.05, 4.69) is 0 Å². The SMILES string of the molecule is COc1ccccc1OC(=O)Oc1ccccc1OC.ClC(Cl)Cl. The van der Waals surface area contributed by atoms with Crippen LogP contribution in [-0.4, -0.2) is 24.7 Å². The summed E-state index contributed by atoms with van der Waals surface area (Å²) in [5, 5.41) is 0. The van der Waals surface area contributed by atoms with Gasteiger partial charge in [0.1, 0.15) is 0 Å². The molecular formula is C16H15Cl3O5. The Kier molecular flexibility index (Phi) is 9.15. The van der Waals surface area contributed by atoms with Crippen molar-refractivity contribution in [2.24, 2.45) is 0 Å². The number of para-hydroxylation sites is 4. The summed E-state index contributed by atoms with van der Waals surface area (Å²) in [6, 6.07) is 13.6. The van der Waals surface area contributed by atoms with Crippen LogP contribution < -0.4 is 18.9 Å². The van der Waals surface area contributed by atoms with E-state index in [9.17, 15) is 4.79 Å². The van der Waals surface area contributed by atoms with Gasteiger partial charge in [-0.1, -0.05) is 59.1 Å². The first-order valence-electron chi connectivity index (χ1n) is 6.55. The maximum absolute atomic E-state index is 11.8. The molecule has 2 aromatic carbocycles. The fourth-order valence-electron chi connectivity index (χ4n) is 1.61. The average Bonchev–Trinajstić information content (AvgIpc) is 2.55. The molecule has 0 unspecified atom stereocenters. The molecule has 0 spiro atoms. The summed E-state index contributed by atoms with van der Waals surface area (Å²) in [6.07, 6.45) is -0.862. The summed E-state index contributed by atoms with van der Waals surface area (Å²) in [4.78, 5) is 11.8. The summed E-state index contributed by atoms with van der Waals surface area (Å²) in [5.74, 6) is 1.47. The summed E-state index contributed by atoms with van der Waals surface area (Å²) >= 11 is 14.4. The Balaban J connectivity index is 0.000000648. The minimum absolute atomic E-state index is 0.287. The minimum atomic E-state index is -0.862. The van der Waals surface area contributed by atoms with Crippen LogP contribution in [0.25, 0.3) is 0 Å². The fourth-order valence-corrected chi connectivity index (χ4v) is 1.61. The van der Waals surface area contributed by atoms with E-state index in [0.717, 1.165) is 0 Å². The maximum Gasteiger partial charge on any atom is 0.519 e. The third-order valence-electron chi connectivity index (χ3n) is 2.52. The number of ether oxygens (including phenoxy) is 4. The van der Waals surface area contributed by atoms with Crippen LogP contribution in [0.3, 0.4) is 0 Å². The Morgan fingerprint density at radius 3 is 1.33 bits per heavy atom. The summed E-state index contributed by atoms with van der Waals surface area (Å²) < 4.78 is 19.6. The van der Waals surface area contributed by atoms with Crippen LogP contribution in [-0.2, 0) is 0 Å². The highest BCUT2D eigenvalue weighted by atomic mass is 35.6. The van der Waals surface area contributed by atoms with Gasteiger partial charge < -0.3 is 18.9 Å². The summed E-state index contributed by atoms with van der Waals surface area (Å²) in [7, 11) is 2.99. The molecule has 0 aliphatic heterocycles. The molecule has 0 aliphatic carbocycles. The average molecular weight is 394 g/mol. The van der Waals surface area contributed by atoms with Crippen molar-refractivity contribution in [1.82, 2.24) is 0 Å². The Hall–Kier alpha value is -1.82. The topological polar surface area (TPSA) is 54.0 Å². The van der Waals surface area contributed by atoms with Crippen LogP contribution in [0.2, 0.25) is 0 Å². The monoisotopic (exact) mass is 392 g/mol. The molecule has 0 fully saturated rings. The molecule has 0 aromatic heterocycles. The van der Waals surface area contributed by atoms with E-state index in [-0.39, 0.29) is 11.5 Å². The lowest BCUT2D eigenvalue weighted by atomic mass is 10.3. The second kappa shape index (κ2) is 10.9. The zero-order chi connectivity index (χ0) is 17.9. The lowest BCUT2D eigenvalue weighted by molar-refractivity contribution is 0.148. The molecule has 0 saturated carbocycles. The van der Waals surface area contributed by atoms with Crippen LogP contribution in [0.1, 0.15) is 0 Å². The van der Waals surface area contributed by atoms with Gasteiger partial charge >= 0.3 is 6.16 Å². The number of hydrogen-bond donors (Lipinski definition) is 0. The first-order valence-corrected chi connectivity index (χ1v) is 7.86. The Morgan fingerprint density at radius 1 is 0.750 bits per heavy atom. The highest BCUT2D eigenvalue weighted by molar-refractivity contribution is 6.63. The number of carbonyl (C=O) groups is 1. The highest BCUT2D eigenvalue weighted by Crippen LogP contribution is 2.29. The normalized spacial score (nSPS) is 9.58. The van der Waals surface area contributed by atoms with E-state index in [1.807, 2.05) is 0 Å². The third-order valence-corrected chi connectivity index (χ3v) is 2.52. The Morgan fingerprint density at radius 2 is 1.04 bits per heavy atom. The Labute approximate surface area is 154 Å². The van der Waals surface area contributed by atoms with Gasteiger partial charge in [0.05, 0.1) is 14.2 Å². The van der Waals surface area contributed by atoms with Crippen molar-refractivity contribution in [3.8, 4) is 23.0 Å². The van der Waals surface area contributed by atoms with Crippen LogP contribution in [0.4, 0.5) is 4.79 Å². The van der Waals surface area contributed by atoms with Crippen molar-refractivity contribution in [2.75, 3.05) is 14.2 Å². The minimum Gasteiger partial charge on any atom is -0.493 e. The van der Waals surface area contributed by atoms with Crippen molar-refractivity contribution in [3.05, 3.63) is 48.5 Å².